The van der Waals surface area contributed by atoms with E-state index in [1.165, 1.54) is 31.5 Å². The van der Waals surface area contributed by atoms with E-state index in [0.29, 0.717) is 12.1 Å². The second-order valence-electron chi connectivity index (χ2n) is 6.18. The second-order valence-corrected chi connectivity index (χ2v) is 6.18. The summed E-state index contributed by atoms with van der Waals surface area (Å²) in [6.45, 7) is 5.24. The Morgan fingerprint density at radius 1 is 0.952 bits per heavy atom. The van der Waals surface area contributed by atoms with Crippen molar-refractivity contribution in [3.8, 4) is 0 Å². The summed E-state index contributed by atoms with van der Waals surface area (Å²) >= 11 is 0. The number of hydrogen-bond donors (Lipinski definition) is 0. The van der Waals surface area contributed by atoms with Gasteiger partial charge in [0.05, 0.1) is 5.56 Å². The Morgan fingerprint density at radius 3 is 2.19 bits per heavy atom. The smallest absolute Gasteiger partial charge is 0.301 e. The molecule has 0 unspecified atom stereocenters. The standard InChI is InChI=1S/C16H21F3N2/c17-16(18,19)15-4-2-1-3-14(15)12-21-9-7-20(8-10-21)11-13-5-6-13/h1-4,13H,5-12H2. The molecule has 2 nitrogen and oxygen atoms in total. The van der Waals surface area contributed by atoms with Crippen molar-refractivity contribution in [2.45, 2.75) is 25.6 Å². The van der Waals surface area contributed by atoms with Gasteiger partial charge in [0.25, 0.3) is 0 Å². The highest BCUT2D eigenvalue weighted by Crippen LogP contribution is 2.33. The molecule has 1 aliphatic heterocycles. The molecule has 2 fully saturated rings. The summed E-state index contributed by atoms with van der Waals surface area (Å²) in [5, 5.41) is 0. The van der Waals surface area contributed by atoms with E-state index in [2.05, 4.69) is 9.80 Å². The molecular weight excluding hydrogens is 277 g/mol. The highest BCUT2D eigenvalue weighted by molar-refractivity contribution is 5.29. The molecule has 0 amide bonds. The Bertz CT molecular complexity index is 475. The lowest BCUT2D eigenvalue weighted by atomic mass is 10.1. The minimum absolute atomic E-state index is 0.389. The number of benzene rings is 1. The van der Waals surface area contributed by atoms with E-state index in [-0.39, 0.29) is 0 Å². The van der Waals surface area contributed by atoms with Crippen LogP contribution < -0.4 is 0 Å². The number of rotatable bonds is 4. The van der Waals surface area contributed by atoms with Gasteiger partial charge in [-0.15, -0.1) is 0 Å². The van der Waals surface area contributed by atoms with E-state index in [0.717, 1.165) is 32.1 Å². The van der Waals surface area contributed by atoms with E-state index >= 15 is 0 Å². The molecule has 1 aromatic carbocycles. The van der Waals surface area contributed by atoms with Gasteiger partial charge < -0.3 is 4.90 Å². The molecule has 0 atom stereocenters. The van der Waals surface area contributed by atoms with Crippen LogP contribution in [0.3, 0.4) is 0 Å². The van der Waals surface area contributed by atoms with Crippen molar-refractivity contribution < 1.29 is 13.2 Å². The van der Waals surface area contributed by atoms with Crippen LogP contribution in [0.4, 0.5) is 13.2 Å². The number of nitrogens with zero attached hydrogens (tertiary/aromatic N) is 2. The molecule has 3 rings (SSSR count). The maximum atomic E-state index is 13.0. The Labute approximate surface area is 123 Å². The van der Waals surface area contributed by atoms with Gasteiger partial charge in [0.15, 0.2) is 0 Å². The third-order valence-electron chi connectivity index (χ3n) is 4.39. The largest absolute Gasteiger partial charge is 0.416 e. The first-order valence-corrected chi connectivity index (χ1v) is 7.62. The first kappa shape index (κ1) is 14.9. The van der Waals surface area contributed by atoms with Gasteiger partial charge in [0.2, 0.25) is 0 Å². The third-order valence-corrected chi connectivity index (χ3v) is 4.39. The summed E-state index contributed by atoms with van der Waals surface area (Å²) in [7, 11) is 0. The maximum absolute atomic E-state index is 13.0. The van der Waals surface area contributed by atoms with E-state index in [9.17, 15) is 13.2 Å². The van der Waals surface area contributed by atoms with Crippen LogP contribution in [0.1, 0.15) is 24.0 Å². The zero-order chi connectivity index (χ0) is 14.9. The fraction of sp³-hybridized carbons (Fsp3) is 0.625. The quantitative estimate of drug-likeness (QED) is 0.842. The molecule has 21 heavy (non-hydrogen) atoms. The monoisotopic (exact) mass is 298 g/mol. The van der Waals surface area contributed by atoms with Crippen molar-refractivity contribution in [3.63, 3.8) is 0 Å². The van der Waals surface area contributed by atoms with E-state index < -0.39 is 11.7 Å². The van der Waals surface area contributed by atoms with Gasteiger partial charge in [0.1, 0.15) is 0 Å². The Kier molecular flexibility index (Phi) is 4.22. The van der Waals surface area contributed by atoms with Crippen molar-refractivity contribution in [2.24, 2.45) is 5.92 Å². The molecule has 1 heterocycles. The van der Waals surface area contributed by atoms with Crippen LogP contribution >= 0.6 is 0 Å². The fourth-order valence-electron chi connectivity index (χ4n) is 2.97. The van der Waals surface area contributed by atoms with Crippen molar-refractivity contribution in [3.05, 3.63) is 35.4 Å². The number of piperazine rings is 1. The summed E-state index contributed by atoms with van der Waals surface area (Å²) in [4.78, 5) is 4.58. The molecule has 0 spiro atoms. The van der Waals surface area contributed by atoms with Crippen molar-refractivity contribution >= 4 is 0 Å². The molecule has 1 aliphatic carbocycles. The van der Waals surface area contributed by atoms with Gasteiger partial charge in [-0.05, 0) is 30.4 Å². The van der Waals surface area contributed by atoms with Crippen molar-refractivity contribution in [1.29, 1.82) is 0 Å². The van der Waals surface area contributed by atoms with Crippen molar-refractivity contribution in [1.82, 2.24) is 9.80 Å². The van der Waals surface area contributed by atoms with Crippen LogP contribution in [0.25, 0.3) is 0 Å². The van der Waals surface area contributed by atoms with Crippen LogP contribution in [0, 0.1) is 5.92 Å². The molecule has 116 valence electrons. The van der Waals surface area contributed by atoms with Gasteiger partial charge in [-0.1, -0.05) is 18.2 Å². The molecular formula is C16H21F3N2. The average molecular weight is 298 g/mol. The molecule has 1 saturated heterocycles. The van der Waals surface area contributed by atoms with Gasteiger partial charge in [-0.2, -0.15) is 13.2 Å². The van der Waals surface area contributed by atoms with Gasteiger partial charge >= 0.3 is 6.18 Å². The highest BCUT2D eigenvalue weighted by atomic mass is 19.4. The molecule has 0 aromatic heterocycles. The predicted molar refractivity (Wildman–Crippen MR) is 75.9 cm³/mol. The first-order chi connectivity index (χ1) is 10.0. The minimum atomic E-state index is -4.26. The zero-order valence-corrected chi connectivity index (χ0v) is 12.1. The van der Waals surface area contributed by atoms with Gasteiger partial charge in [-0.3, -0.25) is 4.90 Å². The Balaban J connectivity index is 1.57. The van der Waals surface area contributed by atoms with Crippen LogP contribution in [-0.4, -0.2) is 42.5 Å². The molecule has 0 N–H and O–H groups in total. The zero-order valence-electron chi connectivity index (χ0n) is 12.1. The highest BCUT2D eigenvalue weighted by Gasteiger charge is 2.33. The summed E-state index contributed by atoms with van der Waals surface area (Å²) in [6.07, 6.45) is -1.57. The molecule has 0 bridgehead atoms. The Hall–Kier alpha value is -1.07. The lowest BCUT2D eigenvalue weighted by Crippen LogP contribution is -2.46. The van der Waals surface area contributed by atoms with Gasteiger partial charge in [0, 0.05) is 39.3 Å². The normalized spacial score (nSPS) is 21.7. The second kappa shape index (κ2) is 5.97. The van der Waals surface area contributed by atoms with Crippen LogP contribution in [-0.2, 0) is 12.7 Å². The van der Waals surface area contributed by atoms with E-state index in [1.807, 2.05) is 0 Å². The Morgan fingerprint density at radius 2 is 1.57 bits per heavy atom. The summed E-state index contributed by atoms with van der Waals surface area (Å²) in [6, 6.07) is 5.92. The summed E-state index contributed by atoms with van der Waals surface area (Å²) in [5.74, 6) is 0.877. The number of alkyl halides is 3. The fourth-order valence-corrected chi connectivity index (χ4v) is 2.97. The van der Waals surface area contributed by atoms with Crippen LogP contribution in [0.2, 0.25) is 0 Å². The number of hydrogen-bond acceptors (Lipinski definition) is 2. The lowest BCUT2D eigenvalue weighted by molar-refractivity contribution is -0.138. The average Bonchev–Trinajstić information content (AvgIpc) is 3.24. The summed E-state index contributed by atoms with van der Waals surface area (Å²) < 4.78 is 39.0. The molecule has 1 aromatic rings. The maximum Gasteiger partial charge on any atom is 0.416 e. The molecule has 5 heteroatoms. The number of halogens is 3. The van der Waals surface area contributed by atoms with Crippen LogP contribution in [0.5, 0.6) is 0 Å². The molecule has 1 saturated carbocycles. The summed E-state index contributed by atoms with van der Waals surface area (Å²) in [5.41, 5.74) is -0.106. The molecule has 0 radical (unpaired) electrons. The van der Waals surface area contributed by atoms with E-state index in [1.54, 1.807) is 12.1 Å². The minimum Gasteiger partial charge on any atom is -0.301 e. The first-order valence-electron chi connectivity index (χ1n) is 7.62. The van der Waals surface area contributed by atoms with Gasteiger partial charge in [-0.25, -0.2) is 0 Å². The van der Waals surface area contributed by atoms with Crippen LogP contribution in [0.15, 0.2) is 24.3 Å². The lowest BCUT2D eigenvalue weighted by Gasteiger charge is -2.35. The van der Waals surface area contributed by atoms with E-state index in [4.69, 9.17) is 0 Å². The predicted octanol–water partition coefficient (Wildman–Crippen LogP) is 3.23. The third kappa shape index (κ3) is 3.98. The topological polar surface area (TPSA) is 6.48 Å². The molecule has 2 aliphatic rings. The SMILES string of the molecule is FC(F)(F)c1ccccc1CN1CCN(CC2CC2)CC1. The van der Waals surface area contributed by atoms with Crippen molar-refractivity contribution in [2.75, 3.05) is 32.7 Å².